The molecule has 5 heteroatoms. The van der Waals surface area contributed by atoms with Crippen molar-refractivity contribution in [1.82, 2.24) is 0 Å². The Balaban J connectivity index is 1.73. The molecule has 0 radical (unpaired) electrons. The van der Waals surface area contributed by atoms with Crippen molar-refractivity contribution in [3.8, 4) is 0 Å². The Hall–Kier alpha value is -0.390. The molecule has 4 aliphatic rings. The summed E-state index contributed by atoms with van der Waals surface area (Å²) in [6.45, 7) is 3.46. The highest BCUT2D eigenvalue weighted by Crippen LogP contribution is 2.59. The quantitative estimate of drug-likeness (QED) is 0.523. The molecule has 4 atom stereocenters. The van der Waals surface area contributed by atoms with Gasteiger partial charge in [-0.15, -0.1) is 0 Å². The number of likely N-dealkylation sites (N-methyl/N-ethyl adjacent to an activating group) is 1. The summed E-state index contributed by atoms with van der Waals surface area (Å²) in [5.74, 6) is 1.18. The third-order valence-corrected chi connectivity index (χ3v) is 8.80. The third kappa shape index (κ3) is 1.39. The van der Waals surface area contributed by atoms with Gasteiger partial charge in [0.05, 0.1) is 20.3 Å². The average Bonchev–Trinajstić information content (AvgIpc) is 2.98. The predicted molar refractivity (Wildman–Crippen MR) is 72.4 cm³/mol. The summed E-state index contributed by atoms with van der Waals surface area (Å²) >= 11 is 0. The highest BCUT2D eigenvalue weighted by atomic mass is 32.2. The topological polar surface area (TPSA) is 43.4 Å². The zero-order valence-electron chi connectivity index (χ0n) is 11.4. The minimum Gasteiger partial charge on any atom is -0.370 e. The van der Waals surface area contributed by atoms with E-state index in [-0.39, 0.29) is 5.92 Å². The maximum Gasteiger partial charge on any atom is 0.168 e. The van der Waals surface area contributed by atoms with Gasteiger partial charge in [0.2, 0.25) is 0 Å². The molecule has 1 spiro atoms. The van der Waals surface area contributed by atoms with Gasteiger partial charge in [0.1, 0.15) is 29.6 Å². The lowest BCUT2D eigenvalue weighted by molar-refractivity contribution is -0.942. The van der Waals surface area contributed by atoms with E-state index in [1.165, 1.54) is 0 Å². The molecule has 0 amide bonds. The number of morpholine rings is 1. The summed E-state index contributed by atoms with van der Waals surface area (Å²) in [6.07, 6.45) is 6.35. The van der Waals surface area contributed by atoms with Crippen molar-refractivity contribution in [3.63, 3.8) is 0 Å². The molecule has 2 bridgehead atoms. The highest BCUT2D eigenvalue weighted by Gasteiger charge is 2.73. The zero-order chi connectivity index (χ0) is 13.3. The van der Waals surface area contributed by atoms with Gasteiger partial charge in [0.15, 0.2) is 9.84 Å². The number of sulfone groups is 1. The first-order chi connectivity index (χ1) is 8.98. The lowest BCUT2D eigenvalue weighted by Gasteiger charge is -2.58. The van der Waals surface area contributed by atoms with Gasteiger partial charge in [-0.1, -0.05) is 12.2 Å². The molecule has 0 unspecified atom stereocenters. The van der Waals surface area contributed by atoms with Gasteiger partial charge in [-0.05, 0) is 18.8 Å². The number of ether oxygens (including phenoxy) is 1. The molecule has 4 nitrogen and oxygen atoms in total. The summed E-state index contributed by atoms with van der Waals surface area (Å²) in [6, 6.07) is 0.293. The van der Waals surface area contributed by atoms with E-state index in [0.717, 1.165) is 43.6 Å². The maximum absolute atomic E-state index is 12.6. The van der Waals surface area contributed by atoms with Gasteiger partial charge >= 0.3 is 0 Å². The first-order valence-electron chi connectivity index (χ1n) is 7.31. The number of nitrogens with zero attached hydrogens (tertiary/aromatic N) is 1. The van der Waals surface area contributed by atoms with E-state index in [2.05, 4.69) is 19.2 Å². The van der Waals surface area contributed by atoms with Crippen molar-refractivity contribution in [1.29, 1.82) is 0 Å². The number of hydrogen-bond acceptors (Lipinski definition) is 3. The van der Waals surface area contributed by atoms with Gasteiger partial charge in [-0.3, -0.25) is 0 Å². The Bertz CT molecular complexity index is 535. The van der Waals surface area contributed by atoms with E-state index in [4.69, 9.17) is 4.74 Å². The molecule has 1 saturated carbocycles. The molecule has 2 aliphatic carbocycles. The van der Waals surface area contributed by atoms with Crippen molar-refractivity contribution >= 4 is 9.84 Å². The zero-order valence-corrected chi connectivity index (χ0v) is 12.2. The molecule has 0 aromatic carbocycles. The van der Waals surface area contributed by atoms with E-state index >= 15 is 0 Å². The third-order valence-electron chi connectivity index (χ3n) is 6.15. The molecule has 106 valence electrons. The van der Waals surface area contributed by atoms with Crippen LogP contribution >= 0.6 is 0 Å². The minimum atomic E-state index is -2.90. The number of allylic oxidation sites excluding steroid dienone is 2. The smallest absolute Gasteiger partial charge is 0.168 e. The molecule has 0 N–H and O–H groups in total. The molecule has 2 heterocycles. The second-order valence-electron chi connectivity index (χ2n) is 6.98. The lowest BCUT2D eigenvalue weighted by atomic mass is 9.83. The summed E-state index contributed by atoms with van der Waals surface area (Å²) in [5.41, 5.74) is 0. The number of fused-ring (bicyclic) bond motifs is 3. The summed E-state index contributed by atoms with van der Waals surface area (Å²) in [7, 11) is -0.661. The van der Waals surface area contributed by atoms with Crippen molar-refractivity contribution < 1.29 is 17.6 Å². The molecule has 4 rings (SSSR count). The standard InChI is InChI=1S/C14H22NO3S/c1-15(4-6-18-7-5-15)13-10-19(16,17)14(13)9-11-2-3-12(14)8-11/h2-3,11-13H,4-10H2,1H3/q+1/t11-,12-,13-,14-/m0/s1. The predicted octanol–water partition coefficient (Wildman–Crippen LogP) is 0.595. The number of rotatable bonds is 1. The Labute approximate surface area is 114 Å². The lowest BCUT2D eigenvalue weighted by Crippen LogP contribution is -2.78. The summed E-state index contributed by atoms with van der Waals surface area (Å²) < 4.78 is 31.0. The van der Waals surface area contributed by atoms with Crippen LogP contribution in [0.1, 0.15) is 12.8 Å². The molecule has 3 fully saturated rings. The number of quaternary nitrogens is 1. The molecule has 2 saturated heterocycles. The fourth-order valence-electron chi connectivity index (χ4n) is 4.98. The van der Waals surface area contributed by atoms with Crippen LogP contribution in [-0.4, -0.2) is 62.8 Å². The Kier molecular flexibility index (Phi) is 2.36. The van der Waals surface area contributed by atoms with Crippen LogP contribution in [0.4, 0.5) is 0 Å². The largest absolute Gasteiger partial charge is 0.370 e. The Morgan fingerprint density at radius 3 is 2.53 bits per heavy atom. The van der Waals surface area contributed by atoms with E-state index in [0.29, 0.717) is 17.7 Å². The van der Waals surface area contributed by atoms with Gasteiger partial charge in [0, 0.05) is 5.92 Å². The molecule has 0 aromatic rings. The second kappa shape index (κ2) is 3.62. The van der Waals surface area contributed by atoms with Gasteiger partial charge in [0.25, 0.3) is 0 Å². The van der Waals surface area contributed by atoms with Gasteiger partial charge < -0.3 is 9.22 Å². The van der Waals surface area contributed by atoms with Crippen LogP contribution in [0.5, 0.6) is 0 Å². The molecular weight excluding hydrogens is 262 g/mol. The van der Waals surface area contributed by atoms with E-state index in [1.807, 2.05) is 0 Å². The Morgan fingerprint density at radius 2 is 2.00 bits per heavy atom. The van der Waals surface area contributed by atoms with E-state index < -0.39 is 14.6 Å². The fraction of sp³-hybridized carbons (Fsp3) is 0.857. The van der Waals surface area contributed by atoms with Crippen molar-refractivity contribution in [3.05, 3.63) is 12.2 Å². The molecule has 0 aromatic heterocycles. The van der Waals surface area contributed by atoms with Gasteiger partial charge in [-0.25, -0.2) is 8.42 Å². The minimum absolute atomic E-state index is 0.277. The average molecular weight is 284 g/mol. The molecule has 2 aliphatic heterocycles. The van der Waals surface area contributed by atoms with Crippen molar-refractivity contribution in [2.24, 2.45) is 11.8 Å². The molecule has 19 heavy (non-hydrogen) atoms. The monoisotopic (exact) mass is 284 g/mol. The van der Waals surface area contributed by atoms with Crippen LogP contribution in [-0.2, 0) is 14.6 Å². The Morgan fingerprint density at radius 1 is 1.26 bits per heavy atom. The molecular formula is C14H22NO3S+. The van der Waals surface area contributed by atoms with E-state index in [9.17, 15) is 8.42 Å². The first kappa shape index (κ1) is 12.4. The van der Waals surface area contributed by atoms with Gasteiger partial charge in [-0.2, -0.15) is 0 Å². The maximum atomic E-state index is 12.6. The highest BCUT2D eigenvalue weighted by molar-refractivity contribution is 7.94. The number of hydrogen-bond donors (Lipinski definition) is 0. The van der Waals surface area contributed by atoms with Crippen LogP contribution < -0.4 is 0 Å². The van der Waals surface area contributed by atoms with E-state index in [1.54, 1.807) is 0 Å². The van der Waals surface area contributed by atoms with Crippen LogP contribution in [0, 0.1) is 11.8 Å². The van der Waals surface area contributed by atoms with Crippen LogP contribution in [0.15, 0.2) is 12.2 Å². The normalized spacial score (nSPS) is 49.4. The summed E-state index contributed by atoms with van der Waals surface area (Å²) in [4.78, 5) is 0. The van der Waals surface area contributed by atoms with Crippen LogP contribution in [0.2, 0.25) is 0 Å². The van der Waals surface area contributed by atoms with Crippen molar-refractivity contribution in [2.75, 3.05) is 39.1 Å². The summed E-state index contributed by atoms with van der Waals surface area (Å²) in [5, 5.41) is 0. The van der Waals surface area contributed by atoms with Crippen molar-refractivity contribution in [2.45, 2.75) is 23.6 Å². The SMILES string of the molecule is C[N+]1([C@H]2CS(=O)(=O)[C@]23C[C@H]2C=C[C@H]3C2)CCOCC1. The van der Waals surface area contributed by atoms with Crippen LogP contribution in [0.3, 0.4) is 0 Å². The second-order valence-corrected chi connectivity index (χ2v) is 9.31. The first-order valence-corrected chi connectivity index (χ1v) is 8.96. The fourth-order valence-corrected chi connectivity index (χ4v) is 7.92. The van der Waals surface area contributed by atoms with Crippen LogP contribution in [0.25, 0.3) is 0 Å².